The third-order valence-corrected chi connectivity index (χ3v) is 8.73. The predicted molar refractivity (Wildman–Crippen MR) is 201 cm³/mol. The first kappa shape index (κ1) is 46.7. The lowest BCUT2D eigenvalue weighted by atomic mass is 9.99. The van der Waals surface area contributed by atoms with Crippen LogP contribution in [0.2, 0.25) is 0 Å². The largest absolute Gasteiger partial charge is 0.462 e. The third-order valence-electron chi connectivity index (χ3n) is 8.73. The quantitative estimate of drug-likeness (QED) is 0.0325. The van der Waals surface area contributed by atoms with Gasteiger partial charge in [0.25, 0.3) is 0 Å². The fourth-order valence-electron chi connectivity index (χ4n) is 5.59. The Morgan fingerprint density at radius 2 is 1.16 bits per heavy atom. The van der Waals surface area contributed by atoms with Crippen molar-refractivity contribution in [3.05, 3.63) is 48.6 Å². The summed E-state index contributed by atoms with van der Waals surface area (Å²) in [5, 5.41) is 39.9. The van der Waals surface area contributed by atoms with Crippen molar-refractivity contribution in [2.45, 2.75) is 179 Å². The van der Waals surface area contributed by atoms with Crippen LogP contribution in [0.4, 0.5) is 0 Å². The summed E-state index contributed by atoms with van der Waals surface area (Å²) in [6, 6.07) is 0. The Morgan fingerprint density at radius 3 is 1.75 bits per heavy atom. The Bertz CT molecular complexity index is 975. The summed E-state index contributed by atoms with van der Waals surface area (Å²) < 4.78 is 22.0. The zero-order valence-corrected chi connectivity index (χ0v) is 31.6. The van der Waals surface area contributed by atoms with Gasteiger partial charge in [0, 0.05) is 12.8 Å². The van der Waals surface area contributed by atoms with E-state index < -0.39 is 49.4 Å². The van der Waals surface area contributed by atoms with Crippen LogP contribution in [0.1, 0.15) is 142 Å². The molecule has 0 radical (unpaired) electrons. The molecule has 1 rings (SSSR count). The molecule has 0 spiro atoms. The standard InChI is InChI=1S/C41H70O10/c1-3-5-7-9-11-12-13-14-15-16-17-18-19-20-21-22-24-26-28-30-37(44)50-34(32-48-36(43)29-27-25-23-10-8-6-4-2)33-49-41-40(47)39(46)38(45)35(31-42)51-41/h5,7,11-12,14-15,17-18,34-35,38-42,45-47H,3-4,6,8-10,13,16,19-33H2,1-2H3/b7-5-,12-11-,15-14-,18-17-. The number of hydrogen-bond donors (Lipinski definition) is 4. The van der Waals surface area contributed by atoms with Gasteiger partial charge in [0.05, 0.1) is 13.2 Å². The highest BCUT2D eigenvalue weighted by Gasteiger charge is 2.44. The molecule has 4 N–H and O–H groups in total. The fourth-order valence-corrected chi connectivity index (χ4v) is 5.59. The van der Waals surface area contributed by atoms with E-state index in [2.05, 4.69) is 62.5 Å². The van der Waals surface area contributed by atoms with Crippen molar-refractivity contribution in [3.63, 3.8) is 0 Å². The lowest BCUT2D eigenvalue weighted by Gasteiger charge is -2.39. The molecule has 0 aromatic carbocycles. The summed E-state index contributed by atoms with van der Waals surface area (Å²) in [4.78, 5) is 25.1. The molecule has 294 valence electrons. The highest BCUT2D eigenvalue weighted by Crippen LogP contribution is 2.22. The van der Waals surface area contributed by atoms with Crippen molar-refractivity contribution in [2.24, 2.45) is 0 Å². The Kier molecular flexibility index (Phi) is 29.6. The Labute approximate surface area is 308 Å². The van der Waals surface area contributed by atoms with E-state index in [1.807, 2.05) is 0 Å². The van der Waals surface area contributed by atoms with E-state index in [4.69, 9.17) is 18.9 Å². The van der Waals surface area contributed by atoms with Gasteiger partial charge in [0.15, 0.2) is 12.4 Å². The highest BCUT2D eigenvalue weighted by molar-refractivity contribution is 5.70. The number of rotatable bonds is 31. The molecule has 51 heavy (non-hydrogen) atoms. The fraction of sp³-hybridized carbons (Fsp3) is 0.756. The summed E-state index contributed by atoms with van der Waals surface area (Å²) >= 11 is 0. The number of allylic oxidation sites excluding steroid dienone is 8. The minimum Gasteiger partial charge on any atom is -0.462 e. The van der Waals surface area contributed by atoms with Gasteiger partial charge in [-0.25, -0.2) is 0 Å². The summed E-state index contributed by atoms with van der Waals surface area (Å²) in [5.41, 5.74) is 0. The molecule has 10 nitrogen and oxygen atoms in total. The molecule has 6 atom stereocenters. The second-order valence-corrected chi connectivity index (χ2v) is 13.4. The van der Waals surface area contributed by atoms with Crippen molar-refractivity contribution >= 4 is 11.9 Å². The second-order valence-electron chi connectivity index (χ2n) is 13.4. The molecule has 0 bridgehead atoms. The summed E-state index contributed by atoms with van der Waals surface area (Å²) in [7, 11) is 0. The normalized spacial score (nSPS) is 21.7. The van der Waals surface area contributed by atoms with Gasteiger partial charge >= 0.3 is 11.9 Å². The topological polar surface area (TPSA) is 152 Å². The summed E-state index contributed by atoms with van der Waals surface area (Å²) in [6.07, 6.45) is 28.5. The maximum Gasteiger partial charge on any atom is 0.306 e. The van der Waals surface area contributed by atoms with Crippen molar-refractivity contribution in [1.82, 2.24) is 0 Å². The van der Waals surface area contributed by atoms with Crippen molar-refractivity contribution in [1.29, 1.82) is 0 Å². The Morgan fingerprint density at radius 1 is 0.627 bits per heavy atom. The zero-order chi connectivity index (χ0) is 37.4. The van der Waals surface area contributed by atoms with Crippen LogP contribution < -0.4 is 0 Å². The molecule has 0 aromatic rings. The van der Waals surface area contributed by atoms with E-state index in [-0.39, 0.29) is 32.0 Å². The third kappa shape index (κ3) is 24.5. The molecular weight excluding hydrogens is 652 g/mol. The average Bonchev–Trinajstić information content (AvgIpc) is 3.13. The van der Waals surface area contributed by atoms with E-state index in [0.29, 0.717) is 6.42 Å². The van der Waals surface area contributed by atoms with Gasteiger partial charge < -0.3 is 39.4 Å². The average molecular weight is 723 g/mol. The van der Waals surface area contributed by atoms with Gasteiger partial charge in [-0.15, -0.1) is 0 Å². The number of aliphatic hydroxyl groups is 4. The molecular formula is C41H70O10. The minimum absolute atomic E-state index is 0.213. The van der Waals surface area contributed by atoms with Gasteiger partial charge in [0.2, 0.25) is 0 Å². The molecule has 6 unspecified atom stereocenters. The SMILES string of the molecule is CC/C=C\C/C=C\C/C=C\C/C=C\CCCCCCCCC(=O)OC(COC(=O)CCCCCCCCC)COC1OC(CO)C(O)C(O)C1O. The first-order chi connectivity index (χ1) is 24.8. The maximum absolute atomic E-state index is 12.7. The maximum atomic E-state index is 12.7. The molecule has 1 aliphatic rings. The predicted octanol–water partition coefficient (Wildman–Crippen LogP) is 7.32. The minimum atomic E-state index is -1.60. The first-order valence-electron chi connectivity index (χ1n) is 19.7. The van der Waals surface area contributed by atoms with E-state index in [1.54, 1.807) is 0 Å². The van der Waals surface area contributed by atoms with E-state index in [9.17, 15) is 30.0 Å². The molecule has 0 aromatic heterocycles. The van der Waals surface area contributed by atoms with E-state index >= 15 is 0 Å². The molecule has 1 aliphatic heterocycles. The molecule has 1 fully saturated rings. The van der Waals surface area contributed by atoms with Crippen LogP contribution in [0.15, 0.2) is 48.6 Å². The highest BCUT2D eigenvalue weighted by atomic mass is 16.7. The number of carbonyl (C=O) groups excluding carboxylic acids is 2. The number of ether oxygens (including phenoxy) is 4. The smallest absolute Gasteiger partial charge is 0.306 e. The van der Waals surface area contributed by atoms with Crippen LogP contribution in [-0.4, -0.2) is 89.0 Å². The lowest BCUT2D eigenvalue weighted by molar-refractivity contribution is -0.305. The summed E-state index contributed by atoms with van der Waals surface area (Å²) in [5.74, 6) is -0.834. The van der Waals surface area contributed by atoms with Gasteiger partial charge in [-0.1, -0.05) is 127 Å². The van der Waals surface area contributed by atoms with Gasteiger partial charge in [-0.3, -0.25) is 9.59 Å². The van der Waals surface area contributed by atoms with Crippen LogP contribution in [0, 0.1) is 0 Å². The van der Waals surface area contributed by atoms with Crippen molar-refractivity contribution in [2.75, 3.05) is 19.8 Å². The Hall–Kier alpha value is -2.34. The molecule has 0 aliphatic carbocycles. The molecule has 0 saturated carbocycles. The molecule has 10 heteroatoms. The number of esters is 2. The number of aliphatic hydroxyl groups excluding tert-OH is 4. The van der Waals surface area contributed by atoms with Gasteiger partial charge in [-0.05, 0) is 51.4 Å². The molecule has 1 saturated heterocycles. The van der Waals surface area contributed by atoms with Crippen LogP contribution in [0.5, 0.6) is 0 Å². The summed E-state index contributed by atoms with van der Waals surface area (Å²) in [6.45, 7) is 3.22. The lowest BCUT2D eigenvalue weighted by Crippen LogP contribution is -2.59. The van der Waals surface area contributed by atoms with E-state index in [1.165, 1.54) is 19.3 Å². The van der Waals surface area contributed by atoms with Gasteiger partial charge in [-0.2, -0.15) is 0 Å². The van der Waals surface area contributed by atoms with Crippen LogP contribution >= 0.6 is 0 Å². The number of hydrogen-bond acceptors (Lipinski definition) is 10. The van der Waals surface area contributed by atoms with Crippen LogP contribution in [-0.2, 0) is 28.5 Å². The van der Waals surface area contributed by atoms with Crippen LogP contribution in [0.25, 0.3) is 0 Å². The van der Waals surface area contributed by atoms with Gasteiger partial charge in [0.1, 0.15) is 31.0 Å². The zero-order valence-electron chi connectivity index (χ0n) is 31.6. The van der Waals surface area contributed by atoms with Crippen molar-refractivity contribution < 1.29 is 49.0 Å². The Balaban J connectivity index is 2.35. The van der Waals surface area contributed by atoms with Crippen molar-refractivity contribution in [3.8, 4) is 0 Å². The van der Waals surface area contributed by atoms with E-state index in [0.717, 1.165) is 89.9 Å². The number of carbonyl (C=O) groups is 2. The molecule has 0 amide bonds. The molecule has 1 heterocycles. The second kappa shape index (κ2) is 32.3. The first-order valence-corrected chi connectivity index (χ1v) is 19.7. The monoisotopic (exact) mass is 722 g/mol. The van der Waals surface area contributed by atoms with Crippen LogP contribution in [0.3, 0.4) is 0 Å². The number of unbranched alkanes of at least 4 members (excludes halogenated alkanes) is 12.